The molecule has 0 saturated carbocycles. The lowest BCUT2D eigenvalue weighted by Crippen LogP contribution is -2.12. The van der Waals surface area contributed by atoms with E-state index in [4.69, 9.17) is 14.2 Å². The zero-order valence-electron chi connectivity index (χ0n) is 13.0. The summed E-state index contributed by atoms with van der Waals surface area (Å²) in [5.41, 5.74) is 1.20. The molecule has 2 rings (SSSR count). The summed E-state index contributed by atoms with van der Waals surface area (Å²) in [6.45, 7) is 0.953. The standard InChI is InChI=1S/C17H18BrNO4/c1-21-8-9-23-16-7-6-12(10-15(16)18)17(20)19-13-4-3-5-14(11-13)22-2/h3-7,10-11H,8-9H2,1-2H3,(H,19,20). The zero-order valence-corrected chi connectivity index (χ0v) is 14.6. The van der Waals surface area contributed by atoms with Crippen LogP contribution in [0.3, 0.4) is 0 Å². The molecular formula is C17H18BrNO4. The van der Waals surface area contributed by atoms with Gasteiger partial charge >= 0.3 is 0 Å². The van der Waals surface area contributed by atoms with Gasteiger partial charge in [-0.1, -0.05) is 6.07 Å². The maximum atomic E-state index is 12.3. The van der Waals surface area contributed by atoms with Crippen molar-refractivity contribution in [1.82, 2.24) is 0 Å². The molecule has 2 aromatic rings. The van der Waals surface area contributed by atoms with Gasteiger partial charge in [0.25, 0.3) is 5.91 Å². The maximum Gasteiger partial charge on any atom is 0.255 e. The minimum Gasteiger partial charge on any atom is -0.497 e. The molecule has 23 heavy (non-hydrogen) atoms. The molecule has 0 saturated heterocycles. The zero-order chi connectivity index (χ0) is 16.7. The van der Waals surface area contributed by atoms with Crippen LogP contribution >= 0.6 is 15.9 Å². The van der Waals surface area contributed by atoms with Crippen LogP contribution in [-0.4, -0.2) is 33.3 Å². The second kappa shape index (κ2) is 8.55. The fourth-order valence-corrected chi connectivity index (χ4v) is 2.39. The largest absolute Gasteiger partial charge is 0.497 e. The number of carbonyl (C=O) groups is 1. The van der Waals surface area contributed by atoms with Crippen LogP contribution in [0.4, 0.5) is 5.69 Å². The van der Waals surface area contributed by atoms with E-state index >= 15 is 0 Å². The van der Waals surface area contributed by atoms with Gasteiger partial charge in [-0.15, -0.1) is 0 Å². The van der Waals surface area contributed by atoms with Gasteiger partial charge in [-0.05, 0) is 46.3 Å². The Balaban J connectivity index is 2.05. The average Bonchev–Trinajstić information content (AvgIpc) is 2.56. The SMILES string of the molecule is COCCOc1ccc(C(=O)Nc2cccc(OC)c2)cc1Br. The van der Waals surface area contributed by atoms with Crippen molar-refractivity contribution in [3.8, 4) is 11.5 Å². The van der Waals surface area contributed by atoms with E-state index < -0.39 is 0 Å². The van der Waals surface area contributed by atoms with Gasteiger partial charge in [-0.25, -0.2) is 0 Å². The van der Waals surface area contributed by atoms with Crippen molar-refractivity contribution >= 4 is 27.5 Å². The van der Waals surface area contributed by atoms with Crippen molar-refractivity contribution < 1.29 is 19.0 Å². The molecule has 5 nitrogen and oxygen atoms in total. The Morgan fingerprint density at radius 1 is 1.13 bits per heavy atom. The van der Waals surface area contributed by atoms with E-state index in [9.17, 15) is 4.79 Å². The summed E-state index contributed by atoms with van der Waals surface area (Å²) in [6, 6.07) is 12.4. The molecule has 0 radical (unpaired) electrons. The topological polar surface area (TPSA) is 56.8 Å². The molecule has 0 bridgehead atoms. The summed E-state index contributed by atoms with van der Waals surface area (Å²) in [5.74, 6) is 1.15. The number of nitrogens with one attached hydrogen (secondary N) is 1. The summed E-state index contributed by atoms with van der Waals surface area (Å²) >= 11 is 3.41. The van der Waals surface area contributed by atoms with Crippen LogP contribution in [-0.2, 0) is 4.74 Å². The van der Waals surface area contributed by atoms with Crippen LogP contribution in [0.25, 0.3) is 0 Å². The second-order valence-corrected chi connectivity index (χ2v) is 5.53. The molecule has 0 spiro atoms. The van der Waals surface area contributed by atoms with E-state index in [0.29, 0.717) is 40.4 Å². The number of rotatable bonds is 7. The summed E-state index contributed by atoms with van der Waals surface area (Å²) in [4.78, 5) is 12.3. The minimum atomic E-state index is -0.206. The van der Waals surface area contributed by atoms with Gasteiger partial charge in [0, 0.05) is 24.4 Å². The van der Waals surface area contributed by atoms with Crippen molar-refractivity contribution in [3.63, 3.8) is 0 Å². The molecule has 6 heteroatoms. The molecule has 2 aromatic carbocycles. The molecule has 1 N–H and O–H groups in total. The first-order chi connectivity index (χ1) is 11.1. The highest BCUT2D eigenvalue weighted by molar-refractivity contribution is 9.10. The molecule has 0 aliphatic heterocycles. The van der Waals surface area contributed by atoms with Crippen LogP contribution in [0, 0.1) is 0 Å². The quantitative estimate of drug-likeness (QED) is 0.744. The minimum absolute atomic E-state index is 0.206. The summed E-state index contributed by atoms with van der Waals surface area (Å²) in [6.07, 6.45) is 0. The normalized spacial score (nSPS) is 10.2. The van der Waals surface area contributed by atoms with E-state index in [1.807, 2.05) is 12.1 Å². The maximum absolute atomic E-state index is 12.3. The predicted molar refractivity (Wildman–Crippen MR) is 92.5 cm³/mol. The first-order valence-electron chi connectivity index (χ1n) is 7.00. The Hall–Kier alpha value is -2.05. The van der Waals surface area contributed by atoms with Crippen LogP contribution < -0.4 is 14.8 Å². The molecule has 0 aliphatic carbocycles. The summed E-state index contributed by atoms with van der Waals surface area (Å²) in [5, 5.41) is 2.83. The first-order valence-corrected chi connectivity index (χ1v) is 7.80. The highest BCUT2D eigenvalue weighted by Gasteiger charge is 2.10. The number of hydrogen-bond acceptors (Lipinski definition) is 4. The Morgan fingerprint density at radius 3 is 2.65 bits per heavy atom. The number of amides is 1. The van der Waals surface area contributed by atoms with Gasteiger partial charge in [0.05, 0.1) is 18.2 Å². The Bertz CT molecular complexity index is 675. The number of anilines is 1. The molecule has 0 fully saturated rings. The molecule has 0 heterocycles. The second-order valence-electron chi connectivity index (χ2n) is 4.67. The van der Waals surface area contributed by atoms with Crippen LogP contribution in [0.5, 0.6) is 11.5 Å². The highest BCUT2D eigenvalue weighted by Crippen LogP contribution is 2.26. The Morgan fingerprint density at radius 2 is 1.96 bits per heavy atom. The third-order valence-electron chi connectivity index (χ3n) is 3.07. The lowest BCUT2D eigenvalue weighted by atomic mass is 10.2. The molecule has 0 aliphatic rings. The number of ether oxygens (including phenoxy) is 3. The van der Waals surface area contributed by atoms with Crippen molar-refractivity contribution in [3.05, 3.63) is 52.5 Å². The number of benzene rings is 2. The Labute approximate surface area is 143 Å². The molecular weight excluding hydrogens is 362 g/mol. The van der Waals surface area contributed by atoms with Gasteiger partial charge in [-0.3, -0.25) is 4.79 Å². The molecule has 1 amide bonds. The summed E-state index contributed by atoms with van der Waals surface area (Å²) in [7, 11) is 3.20. The van der Waals surface area contributed by atoms with Crippen LogP contribution in [0.2, 0.25) is 0 Å². The third kappa shape index (κ3) is 4.97. The number of hydrogen-bond donors (Lipinski definition) is 1. The third-order valence-corrected chi connectivity index (χ3v) is 3.69. The van der Waals surface area contributed by atoms with Gasteiger partial charge < -0.3 is 19.5 Å². The number of halogens is 1. The van der Waals surface area contributed by atoms with E-state index in [-0.39, 0.29) is 5.91 Å². The molecule has 0 atom stereocenters. The van der Waals surface area contributed by atoms with Crippen molar-refractivity contribution in [2.75, 3.05) is 32.8 Å². The lowest BCUT2D eigenvalue weighted by molar-refractivity contribution is 0.102. The van der Waals surface area contributed by atoms with Crippen molar-refractivity contribution in [2.45, 2.75) is 0 Å². The van der Waals surface area contributed by atoms with Crippen molar-refractivity contribution in [1.29, 1.82) is 0 Å². The van der Waals surface area contributed by atoms with E-state index in [0.717, 1.165) is 0 Å². The Kier molecular flexibility index (Phi) is 6.43. The predicted octanol–water partition coefficient (Wildman–Crippen LogP) is 3.74. The number of methoxy groups -OCH3 is 2. The number of carbonyl (C=O) groups excluding carboxylic acids is 1. The van der Waals surface area contributed by atoms with Gasteiger partial charge in [0.15, 0.2) is 0 Å². The van der Waals surface area contributed by atoms with E-state index in [2.05, 4.69) is 21.2 Å². The smallest absolute Gasteiger partial charge is 0.255 e. The fraction of sp³-hybridized carbons (Fsp3) is 0.235. The van der Waals surface area contributed by atoms with Gasteiger partial charge in [0.2, 0.25) is 0 Å². The van der Waals surface area contributed by atoms with E-state index in [1.54, 1.807) is 44.6 Å². The summed E-state index contributed by atoms with van der Waals surface area (Å²) < 4.78 is 16.3. The van der Waals surface area contributed by atoms with Crippen molar-refractivity contribution in [2.24, 2.45) is 0 Å². The van der Waals surface area contributed by atoms with Crippen LogP contribution in [0.1, 0.15) is 10.4 Å². The molecule has 0 aromatic heterocycles. The highest BCUT2D eigenvalue weighted by atomic mass is 79.9. The molecule has 0 unspecified atom stereocenters. The van der Waals surface area contributed by atoms with Gasteiger partial charge in [-0.2, -0.15) is 0 Å². The fourth-order valence-electron chi connectivity index (χ4n) is 1.90. The van der Waals surface area contributed by atoms with E-state index in [1.165, 1.54) is 0 Å². The molecule has 122 valence electrons. The van der Waals surface area contributed by atoms with Crippen LogP contribution in [0.15, 0.2) is 46.9 Å². The monoisotopic (exact) mass is 379 g/mol. The average molecular weight is 380 g/mol. The lowest BCUT2D eigenvalue weighted by Gasteiger charge is -2.10. The first kappa shape index (κ1) is 17.3. The van der Waals surface area contributed by atoms with Gasteiger partial charge in [0.1, 0.15) is 18.1 Å².